The highest BCUT2D eigenvalue weighted by Gasteiger charge is 2.25. The lowest BCUT2D eigenvalue weighted by atomic mass is 10.1. The molecule has 1 aliphatic rings. The molecule has 0 radical (unpaired) electrons. The molecule has 0 aromatic heterocycles. The molecule has 1 heterocycles. The number of benzene rings is 1. The SMILES string of the molecule is Cc1ccc(C(=O)N2CCC(CN)C2)cc1I. The molecule has 3 nitrogen and oxygen atoms in total. The van der Waals surface area contributed by atoms with E-state index in [2.05, 4.69) is 29.5 Å². The monoisotopic (exact) mass is 344 g/mol. The Kier molecular flexibility index (Phi) is 4.04. The van der Waals surface area contributed by atoms with Crippen molar-refractivity contribution in [1.29, 1.82) is 0 Å². The van der Waals surface area contributed by atoms with E-state index in [9.17, 15) is 4.79 Å². The molecular formula is C13H17IN2O. The second-order valence-electron chi connectivity index (χ2n) is 4.61. The van der Waals surface area contributed by atoms with Crippen LogP contribution in [-0.4, -0.2) is 30.4 Å². The maximum absolute atomic E-state index is 12.3. The van der Waals surface area contributed by atoms with E-state index in [0.717, 1.165) is 28.6 Å². The number of nitrogens with zero attached hydrogens (tertiary/aromatic N) is 1. The van der Waals surface area contributed by atoms with Crippen LogP contribution in [-0.2, 0) is 0 Å². The van der Waals surface area contributed by atoms with Crippen LogP contribution in [0.25, 0.3) is 0 Å². The summed E-state index contributed by atoms with van der Waals surface area (Å²) in [7, 11) is 0. The number of rotatable bonds is 2. The number of hydrogen-bond acceptors (Lipinski definition) is 2. The molecule has 1 unspecified atom stereocenters. The topological polar surface area (TPSA) is 46.3 Å². The summed E-state index contributed by atoms with van der Waals surface area (Å²) < 4.78 is 1.14. The number of nitrogens with two attached hydrogens (primary N) is 1. The molecule has 92 valence electrons. The molecule has 1 amide bonds. The lowest BCUT2D eigenvalue weighted by Gasteiger charge is -2.16. The number of carbonyl (C=O) groups is 1. The second-order valence-corrected chi connectivity index (χ2v) is 5.77. The van der Waals surface area contributed by atoms with Gasteiger partial charge in [0, 0.05) is 22.2 Å². The van der Waals surface area contributed by atoms with E-state index in [1.54, 1.807) is 0 Å². The Hall–Kier alpha value is -0.620. The fourth-order valence-electron chi connectivity index (χ4n) is 2.12. The van der Waals surface area contributed by atoms with Gasteiger partial charge in [-0.1, -0.05) is 6.07 Å². The quantitative estimate of drug-likeness (QED) is 0.835. The highest BCUT2D eigenvalue weighted by atomic mass is 127. The smallest absolute Gasteiger partial charge is 0.253 e. The number of likely N-dealkylation sites (tertiary alicyclic amines) is 1. The van der Waals surface area contributed by atoms with Crippen LogP contribution >= 0.6 is 22.6 Å². The Labute approximate surface area is 116 Å². The number of hydrogen-bond donors (Lipinski definition) is 1. The Morgan fingerprint density at radius 1 is 1.59 bits per heavy atom. The summed E-state index contributed by atoms with van der Waals surface area (Å²) >= 11 is 2.27. The highest BCUT2D eigenvalue weighted by molar-refractivity contribution is 14.1. The van der Waals surface area contributed by atoms with Crippen LogP contribution in [0.4, 0.5) is 0 Å². The Bertz CT molecular complexity index is 433. The summed E-state index contributed by atoms with van der Waals surface area (Å²) in [5.74, 6) is 0.613. The van der Waals surface area contributed by atoms with Crippen molar-refractivity contribution < 1.29 is 4.79 Å². The predicted octanol–water partition coefficient (Wildman–Crippen LogP) is 2.02. The van der Waals surface area contributed by atoms with Crippen LogP contribution in [0.5, 0.6) is 0 Å². The van der Waals surface area contributed by atoms with Gasteiger partial charge in [0.2, 0.25) is 0 Å². The molecule has 0 saturated carbocycles. The van der Waals surface area contributed by atoms with Crippen molar-refractivity contribution in [2.24, 2.45) is 11.7 Å². The predicted molar refractivity (Wildman–Crippen MR) is 77.0 cm³/mol. The molecule has 2 N–H and O–H groups in total. The lowest BCUT2D eigenvalue weighted by Crippen LogP contribution is -2.29. The zero-order valence-electron chi connectivity index (χ0n) is 9.95. The van der Waals surface area contributed by atoms with Crippen molar-refractivity contribution in [3.63, 3.8) is 0 Å². The summed E-state index contributed by atoms with van der Waals surface area (Å²) in [6.45, 7) is 4.37. The van der Waals surface area contributed by atoms with E-state index >= 15 is 0 Å². The van der Waals surface area contributed by atoms with Gasteiger partial charge in [-0.25, -0.2) is 0 Å². The Morgan fingerprint density at radius 2 is 2.35 bits per heavy atom. The molecule has 0 bridgehead atoms. The minimum Gasteiger partial charge on any atom is -0.338 e. The fourth-order valence-corrected chi connectivity index (χ4v) is 2.63. The van der Waals surface area contributed by atoms with Gasteiger partial charge in [0.1, 0.15) is 0 Å². The van der Waals surface area contributed by atoms with Crippen LogP contribution in [0.1, 0.15) is 22.3 Å². The van der Waals surface area contributed by atoms with Crippen LogP contribution in [0, 0.1) is 16.4 Å². The van der Waals surface area contributed by atoms with Gasteiger partial charge in [0.05, 0.1) is 0 Å². The number of aryl methyl sites for hydroxylation is 1. The summed E-state index contributed by atoms with van der Waals surface area (Å²) in [6.07, 6.45) is 1.03. The van der Waals surface area contributed by atoms with Crippen molar-refractivity contribution in [3.05, 3.63) is 32.9 Å². The first-order valence-electron chi connectivity index (χ1n) is 5.87. The molecule has 0 spiro atoms. The van der Waals surface area contributed by atoms with E-state index in [1.165, 1.54) is 5.56 Å². The van der Waals surface area contributed by atoms with Crippen LogP contribution < -0.4 is 5.73 Å². The van der Waals surface area contributed by atoms with E-state index in [-0.39, 0.29) is 5.91 Å². The molecule has 17 heavy (non-hydrogen) atoms. The van der Waals surface area contributed by atoms with E-state index in [0.29, 0.717) is 12.5 Å². The first-order valence-corrected chi connectivity index (χ1v) is 6.95. The van der Waals surface area contributed by atoms with Crippen molar-refractivity contribution in [3.8, 4) is 0 Å². The van der Waals surface area contributed by atoms with Crippen LogP contribution in [0.3, 0.4) is 0 Å². The molecule has 1 aromatic carbocycles. The van der Waals surface area contributed by atoms with Gasteiger partial charge in [-0.3, -0.25) is 4.79 Å². The zero-order chi connectivity index (χ0) is 12.4. The molecule has 1 aliphatic heterocycles. The average Bonchev–Trinajstić information content (AvgIpc) is 2.80. The maximum Gasteiger partial charge on any atom is 0.253 e. The minimum atomic E-state index is 0.138. The molecule has 1 fully saturated rings. The first kappa shape index (κ1) is 12.8. The van der Waals surface area contributed by atoms with Gasteiger partial charge in [-0.15, -0.1) is 0 Å². The van der Waals surface area contributed by atoms with Crippen molar-refractivity contribution >= 4 is 28.5 Å². The van der Waals surface area contributed by atoms with Gasteiger partial charge < -0.3 is 10.6 Å². The third kappa shape index (κ3) is 2.80. The summed E-state index contributed by atoms with van der Waals surface area (Å²) in [6, 6.07) is 5.88. The largest absolute Gasteiger partial charge is 0.338 e. The summed E-state index contributed by atoms with van der Waals surface area (Å²) in [5, 5.41) is 0. The Morgan fingerprint density at radius 3 is 2.94 bits per heavy atom. The van der Waals surface area contributed by atoms with Gasteiger partial charge in [0.15, 0.2) is 0 Å². The van der Waals surface area contributed by atoms with E-state index < -0.39 is 0 Å². The third-order valence-electron chi connectivity index (χ3n) is 3.33. The molecule has 2 rings (SSSR count). The van der Waals surface area contributed by atoms with Gasteiger partial charge in [-0.05, 0) is 66.1 Å². The van der Waals surface area contributed by atoms with Crippen LogP contribution in [0.15, 0.2) is 18.2 Å². The van der Waals surface area contributed by atoms with Crippen molar-refractivity contribution in [1.82, 2.24) is 4.90 Å². The van der Waals surface area contributed by atoms with Gasteiger partial charge in [0.25, 0.3) is 5.91 Å². The van der Waals surface area contributed by atoms with Gasteiger partial charge >= 0.3 is 0 Å². The summed E-state index contributed by atoms with van der Waals surface area (Å²) in [5.41, 5.74) is 7.64. The molecule has 1 atom stereocenters. The molecular weight excluding hydrogens is 327 g/mol. The van der Waals surface area contributed by atoms with E-state index in [4.69, 9.17) is 5.73 Å². The Balaban J connectivity index is 2.12. The van der Waals surface area contributed by atoms with E-state index in [1.807, 2.05) is 23.1 Å². The molecule has 1 saturated heterocycles. The third-order valence-corrected chi connectivity index (χ3v) is 4.49. The number of halogens is 1. The average molecular weight is 344 g/mol. The van der Waals surface area contributed by atoms with Crippen molar-refractivity contribution in [2.75, 3.05) is 19.6 Å². The normalized spacial score (nSPS) is 19.7. The van der Waals surface area contributed by atoms with Crippen LogP contribution in [0.2, 0.25) is 0 Å². The minimum absolute atomic E-state index is 0.138. The maximum atomic E-state index is 12.3. The molecule has 1 aromatic rings. The van der Waals surface area contributed by atoms with Gasteiger partial charge in [-0.2, -0.15) is 0 Å². The standard InChI is InChI=1S/C13H17IN2O/c1-9-2-3-11(6-12(9)14)13(17)16-5-4-10(7-15)8-16/h2-3,6,10H,4-5,7-8,15H2,1H3. The number of amides is 1. The summed E-state index contributed by atoms with van der Waals surface area (Å²) in [4.78, 5) is 14.2. The second kappa shape index (κ2) is 5.35. The van der Waals surface area contributed by atoms with Crippen molar-refractivity contribution in [2.45, 2.75) is 13.3 Å². The first-order chi connectivity index (χ1) is 8.11. The lowest BCUT2D eigenvalue weighted by molar-refractivity contribution is 0.0787. The highest BCUT2D eigenvalue weighted by Crippen LogP contribution is 2.20. The zero-order valence-corrected chi connectivity index (χ0v) is 12.1. The molecule has 0 aliphatic carbocycles. The fraction of sp³-hybridized carbons (Fsp3) is 0.462. The molecule has 4 heteroatoms. The number of carbonyl (C=O) groups excluding carboxylic acids is 1.